The largest absolute Gasteiger partial charge is 0.495 e. The maximum atomic E-state index is 5.27. The molecule has 1 aromatic carbocycles. The van der Waals surface area contributed by atoms with Crippen LogP contribution in [0.2, 0.25) is 0 Å². The molecule has 0 bridgehead atoms. The Morgan fingerprint density at radius 3 is 2.82 bits per heavy atom. The van der Waals surface area contributed by atoms with Crippen LogP contribution in [0.1, 0.15) is 12.8 Å². The molecular formula is C13H19BrN2O. The van der Waals surface area contributed by atoms with E-state index in [0.29, 0.717) is 0 Å². The molecule has 0 amide bonds. The molecule has 0 spiro atoms. The lowest BCUT2D eigenvalue weighted by atomic mass is 10.3. The fourth-order valence-corrected chi connectivity index (χ4v) is 2.54. The summed E-state index contributed by atoms with van der Waals surface area (Å²) in [6.07, 6.45) is 2.71. The van der Waals surface area contributed by atoms with Gasteiger partial charge >= 0.3 is 0 Å². The molecule has 0 aromatic heterocycles. The zero-order valence-corrected chi connectivity index (χ0v) is 11.8. The van der Waals surface area contributed by atoms with Gasteiger partial charge in [-0.05, 0) is 54.0 Å². The van der Waals surface area contributed by atoms with Crippen LogP contribution >= 0.6 is 15.9 Å². The smallest absolute Gasteiger partial charge is 0.135 e. The number of benzene rings is 1. The molecule has 94 valence electrons. The summed E-state index contributed by atoms with van der Waals surface area (Å²) in [7, 11) is 1.69. The molecule has 1 fully saturated rings. The molecule has 0 atom stereocenters. The Labute approximate surface area is 111 Å². The highest BCUT2D eigenvalue weighted by atomic mass is 79.9. The average Bonchev–Trinajstić information content (AvgIpc) is 2.84. The van der Waals surface area contributed by atoms with Crippen molar-refractivity contribution in [1.82, 2.24) is 4.90 Å². The van der Waals surface area contributed by atoms with Gasteiger partial charge in [-0.25, -0.2) is 0 Å². The lowest BCUT2D eigenvalue weighted by Gasteiger charge is -2.15. The summed E-state index contributed by atoms with van der Waals surface area (Å²) in [4.78, 5) is 2.50. The fraction of sp³-hybridized carbons (Fsp3) is 0.538. The number of anilines is 1. The molecule has 0 saturated carbocycles. The van der Waals surface area contributed by atoms with E-state index in [9.17, 15) is 0 Å². The molecule has 0 unspecified atom stereocenters. The van der Waals surface area contributed by atoms with Crippen molar-refractivity contribution in [3.8, 4) is 5.75 Å². The molecule has 4 heteroatoms. The minimum atomic E-state index is 0.871. The predicted octanol–water partition coefficient (Wildman–Crippen LogP) is 2.97. The third kappa shape index (κ3) is 3.61. The second-order valence-electron chi connectivity index (χ2n) is 4.32. The summed E-state index contributed by atoms with van der Waals surface area (Å²) < 4.78 is 6.26. The number of rotatable bonds is 5. The van der Waals surface area contributed by atoms with Crippen LogP contribution in [0, 0.1) is 0 Å². The second kappa shape index (κ2) is 6.26. The molecule has 0 radical (unpaired) electrons. The first-order chi connectivity index (χ1) is 8.29. The molecule has 1 aromatic rings. The van der Waals surface area contributed by atoms with Gasteiger partial charge in [-0.15, -0.1) is 0 Å². The fourth-order valence-electron chi connectivity index (χ4n) is 2.13. The Morgan fingerprint density at radius 1 is 1.35 bits per heavy atom. The van der Waals surface area contributed by atoms with E-state index >= 15 is 0 Å². The Morgan fingerprint density at radius 2 is 2.12 bits per heavy atom. The van der Waals surface area contributed by atoms with Crippen LogP contribution in [-0.2, 0) is 0 Å². The van der Waals surface area contributed by atoms with Crippen LogP contribution in [0.3, 0.4) is 0 Å². The Bertz CT molecular complexity index is 364. The van der Waals surface area contributed by atoms with E-state index in [1.165, 1.54) is 25.9 Å². The SMILES string of the molecule is COc1cc(NCCN2CCCC2)ccc1Br. The van der Waals surface area contributed by atoms with E-state index in [4.69, 9.17) is 4.74 Å². The highest BCUT2D eigenvalue weighted by molar-refractivity contribution is 9.10. The quantitative estimate of drug-likeness (QED) is 0.904. The third-order valence-corrected chi connectivity index (χ3v) is 3.76. The van der Waals surface area contributed by atoms with Crippen LogP contribution in [-0.4, -0.2) is 38.2 Å². The van der Waals surface area contributed by atoms with Crippen LogP contribution in [0.5, 0.6) is 5.75 Å². The van der Waals surface area contributed by atoms with Gasteiger partial charge in [-0.2, -0.15) is 0 Å². The molecule has 1 N–H and O–H groups in total. The average molecular weight is 299 g/mol. The molecule has 1 heterocycles. The molecule has 1 saturated heterocycles. The summed E-state index contributed by atoms with van der Waals surface area (Å²) >= 11 is 3.45. The minimum Gasteiger partial charge on any atom is -0.495 e. The van der Waals surface area contributed by atoms with Crippen molar-refractivity contribution in [3.05, 3.63) is 22.7 Å². The first-order valence-corrected chi connectivity index (χ1v) is 6.88. The maximum Gasteiger partial charge on any atom is 0.135 e. The third-order valence-electron chi connectivity index (χ3n) is 3.11. The predicted molar refractivity (Wildman–Crippen MR) is 74.9 cm³/mol. The minimum absolute atomic E-state index is 0.871. The highest BCUT2D eigenvalue weighted by Crippen LogP contribution is 2.27. The van der Waals surface area contributed by atoms with E-state index in [0.717, 1.165) is 29.0 Å². The van der Waals surface area contributed by atoms with Crippen molar-refractivity contribution in [2.75, 3.05) is 38.6 Å². The maximum absolute atomic E-state index is 5.27. The molecule has 17 heavy (non-hydrogen) atoms. The van der Waals surface area contributed by atoms with E-state index in [1.807, 2.05) is 12.1 Å². The number of halogens is 1. The molecule has 3 nitrogen and oxygen atoms in total. The highest BCUT2D eigenvalue weighted by Gasteiger charge is 2.10. The van der Waals surface area contributed by atoms with Crippen molar-refractivity contribution in [1.29, 1.82) is 0 Å². The van der Waals surface area contributed by atoms with Gasteiger partial charge in [0.05, 0.1) is 11.6 Å². The monoisotopic (exact) mass is 298 g/mol. The molecule has 0 aliphatic carbocycles. The zero-order valence-electron chi connectivity index (χ0n) is 10.2. The van der Waals surface area contributed by atoms with Gasteiger partial charge in [-0.1, -0.05) is 0 Å². The van der Waals surface area contributed by atoms with Crippen LogP contribution < -0.4 is 10.1 Å². The summed E-state index contributed by atoms with van der Waals surface area (Å²) in [6, 6.07) is 6.10. The first kappa shape index (κ1) is 12.7. The molecule has 1 aliphatic heterocycles. The number of likely N-dealkylation sites (tertiary alicyclic amines) is 1. The van der Waals surface area contributed by atoms with Crippen molar-refractivity contribution in [3.63, 3.8) is 0 Å². The van der Waals surface area contributed by atoms with Crippen molar-refractivity contribution < 1.29 is 4.74 Å². The first-order valence-electron chi connectivity index (χ1n) is 6.09. The van der Waals surface area contributed by atoms with Crippen molar-refractivity contribution >= 4 is 21.6 Å². The molecule has 2 rings (SSSR count). The van der Waals surface area contributed by atoms with Gasteiger partial charge in [-0.3, -0.25) is 0 Å². The Kier molecular flexibility index (Phi) is 4.68. The summed E-state index contributed by atoms with van der Waals surface area (Å²) in [5.41, 5.74) is 1.12. The second-order valence-corrected chi connectivity index (χ2v) is 5.18. The molecular weight excluding hydrogens is 280 g/mol. The number of hydrogen-bond acceptors (Lipinski definition) is 3. The van der Waals surface area contributed by atoms with Crippen LogP contribution in [0.15, 0.2) is 22.7 Å². The topological polar surface area (TPSA) is 24.5 Å². The van der Waals surface area contributed by atoms with Crippen LogP contribution in [0.25, 0.3) is 0 Å². The standard InChI is InChI=1S/C13H19BrN2O/c1-17-13-10-11(4-5-12(13)14)15-6-9-16-7-2-3-8-16/h4-5,10,15H,2-3,6-9H2,1H3. The van der Waals surface area contributed by atoms with Crippen molar-refractivity contribution in [2.24, 2.45) is 0 Å². The number of methoxy groups -OCH3 is 1. The van der Waals surface area contributed by atoms with Gasteiger partial charge in [0.2, 0.25) is 0 Å². The number of hydrogen-bond donors (Lipinski definition) is 1. The number of ether oxygens (including phenoxy) is 1. The molecule has 1 aliphatic rings. The van der Waals surface area contributed by atoms with Gasteiger partial charge in [0.15, 0.2) is 0 Å². The van der Waals surface area contributed by atoms with E-state index in [-0.39, 0.29) is 0 Å². The number of nitrogens with one attached hydrogen (secondary N) is 1. The summed E-state index contributed by atoms with van der Waals surface area (Å²) in [5, 5.41) is 3.43. The van der Waals surface area contributed by atoms with E-state index in [1.54, 1.807) is 7.11 Å². The van der Waals surface area contributed by atoms with E-state index < -0.39 is 0 Å². The summed E-state index contributed by atoms with van der Waals surface area (Å²) in [5.74, 6) is 0.871. The lowest BCUT2D eigenvalue weighted by Crippen LogP contribution is -2.25. The lowest BCUT2D eigenvalue weighted by molar-refractivity contribution is 0.352. The Hall–Kier alpha value is -0.740. The van der Waals surface area contributed by atoms with Gasteiger partial charge in [0.25, 0.3) is 0 Å². The van der Waals surface area contributed by atoms with Crippen LogP contribution in [0.4, 0.5) is 5.69 Å². The number of nitrogens with zero attached hydrogens (tertiary/aromatic N) is 1. The van der Waals surface area contributed by atoms with E-state index in [2.05, 4.69) is 32.2 Å². The Balaban J connectivity index is 1.81. The van der Waals surface area contributed by atoms with Gasteiger partial charge in [0, 0.05) is 24.8 Å². The van der Waals surface area contributed by atoms with Gasteiger partial charge < -0.3 is 15.0 Å². The zero-order chi connectivity index (χ0) is 12.1. The normalized spacial score (nSPS) is 16.1. The van der Waals surface area contributed by atoms with Gasteiger partial charge in [0.1, 0.15) is 5.75 Å². The summed E-state index contributed by atoms with van der Waals surface area (Å²) in [6.45, 7) is 4.62. The van der Waals surface area contributed by atoms with Crippen molar-refractivity contribution in [2.45, 2.75) is 12.8 Å².